The van der Waals surface area contributed by atoms with Crippen LogP contribution in [0.3, 0.4) is 0 Å². The molecule has 2 aliphatic rings. The van der Waals surface area contributed by atoms with Crippen LogP contribution in [-0.4, -0.2) is 21.3 Å². The number of H-pyrrole nitrogens is 1. The van der Waals surface area contributed by atoms with Crippen molar-refractivity contribution >= 4 is 5.97 Å². The Bertz CT molecular complexity index is 404. The van der Waals surface area contributed by atoms with Crippen molar-refractivity contribution in [1.82, 2.24) is 10.2 Å². The summed E-state index contributed by atoms with van der Waals surface area (Å²) in [5.74, 6) is -0.903. The molecule has 1 fully saturated rings. The number of carbonyl (C=O) groups is 1. The molecule has 3 rings (SSSR count). The van der Waals surface area contributed by atoms with Crippen LogP contribution in [0.2, 0.25) is 0 Å². The maximum absolute atomic E-state index is 10.9. The molecule has 0 atom stereocenters. The van der Waals surface area contributed by atoms with E-state index in [4.69, 9.17) is 5.11 Å². The van der Waals surface area contributed by atoms with Gasteiger partial charge in [-0.15, -0.1) is 0 Å². The van der Waals surface area contributed by atoms with Gasteiger partial charge >= 0.3 is 5.97 Å². The topological polar surface area (TPSA) is 66.0 Å². The summed E-state index contributed by atoms with van der Waals surface area (Å²) in [6.45, 7) is 0. The molecule has 0 amide bonds. The first-order valence-corrected chi connectivity index (χ1v) is 5.00. The molecule has 2 N–H and O–H groups in total. The minimum absolute atomic E-state index is 0.242. The van der Waals surface area contributed by atoms with E-state index in [0.717, 1.165) is 24.1 Å². The normalized spacial score (nSPS) is 22.0. The standard InChI is InChI=1S/C10H12N2O2/c13-9(14)8-6-5-10(3-4-10)2-1-7(6)11-12-8/h1-5H2,(H,11,12)(H,13,14). The van der Waals surface area contributed by atoms with Crippen LogP contribution in [0.25, 0.3) is 0 Å². The third kappa shape index (κ3) is 0.997. The van der Waals surface area contributed by atoms with Crippen LogP contribution in [0, 0.1) is 5.41 Å². The largest absolute Gasteiger partial charge is 0.476 e. The maximum atomic E-state index is 10.9. The summed E-state index contributed by atoms with van der Waals surface area (Å²) in [6.07, 6.45) is 5.60. The fourth-order valence-corrected chi connectivity index (χ4v) is 2.43. The highest BCUT2D eigenvalue weighted by Crippen LogP contribution is 2.54. The van der Waals surface area contributed by atoms with Crippen LogP contribution in [0.1, 0.15) is 41.0 Å². The van der Waals surface area contributed by atoms with Crippen molar-refractivity contribution in [3.63, 3.8) is 0 Å². The number of aryl methyl sites for hydroxylation is 1. The Morgan fingerprint density at radius 1 is 1.43 bits per heavy atom. The summed E-state index contributed by atoms with van der Waals surface area (Å²) in [6, 6.07) is 0. The van der Waals surface area contributed by atoms with Crippen molar-refractivity contribution in [2.75, 3.05) is 0 Å². The molecule has 2 aliphatic carbocycles. The van der Waals surface area contributed by atoms with Gasteiger partial charge in [-0.05, 0) is 37.5 Å². The van der Waals surface area contributed by atoms with E-state index >= 15 is 0 Å². The molecule has 4 heteroatoms. The quantitative estimate of drug-likeness (QED) is 0.706. The van der Waals surface area contributed by atoms with Crippen LogP contribution in [0.15, 0.2) is 0 Å². The van der Waals surface area contributed by atoms with Gasteiger partial charge in [0.1, 0.15) is 0 Å². The molecule has 1 aromatic rings. The van der Waals surface area contributed by atoms with Crippen molar-refractivity contribution < 1.29 is 9.90 Å². The number of hydrogen-bond donors (Lipinski definition) is 2. The van der Waals surface area contributed by atoms with Crippen LogP contribution in [0.4, 0.5) is 0 Å². The van der Waals surface area contributed by atoms with Crippen molar-refractivity contribution in [1.29, 1.82) is 0 Å². The lowest BCUT2D eigenvalue weighted by molar-refractivity contribution is 0.0689. The molecule has 0 radical (unpaired) electrons. The first-order chi connectivity index (χ1) is 6.70. The second-order valence-electron chi connectivity index (χ2n) is 4.51. The molecule has 14 heavy (non-hydrogen) atoms. The average molecular weight is 192 g/mol. The zero-order chi connectivity index (χ0) is 9.76. The van der Waals surface area contributed by atoms with E-state index in [0.29, 0.717) is 5.41 Å². The van der Waals surface area contributed by atoms with Gasteiger partial charge in [0.05, 0.1) is 0 Å². The Morgan fingerprint density at radius 2 is 2.21 bits per heavy atom. The summed E-state index contributed by atoms with van der Waals surface area (Å²) in [7, 11) is 0. The molecular weight excluding hydrogens is 180 g/mol. The van der Waals surface area contributed by atoms with Gasteiger partial charge in [-0.1, -0.05) is 0 Å². The summed E-state index contributed by atoms with van der Waals surface area (Å²) in [5, 5.41) is 15.6. The van der Waals surface area contributed by atoms with Gasteiger partial charge in [-0.2, -0.15) is 5.10 Å². The number of aromatic carboxylic acids is 1. The first kappa shape index (κ1) is 8.03. The van der Waals surface area contributed by atoms with E-state index < -0.39 is 5.97 Å². The third-order valence-corrected chi connectivity index (χ3v) is 3.57. The number of nitrogens with one attached hydrogen (secondary N) is 1. The van der Waals surface area contributed by atoms with Gasteiger partial charge in [-0.25, -0.2) is 4.79 Å². The molecule has 1 aromatic heterocycles. The number of carboxylic acid groups (broad SMARTS) is 1. The summed E-state index contributed by atoms with van der Waals surface area (Å²) < 4.78 is 0. The number of aromatic amines is 1. The maximum Gasteiger partial charge on any atom is 0.356 e. The minimum atomic E-state index is -0.903. The zero-order valence-corrected chi connectivity index (χ0v) is 7.84. The summed E-state index contributed by atoms with van der Waals surface area (Å²) in [5.41, 5.74) is 2.69. The molecule has 4 nitrogen and oxygen atoms in total. The van der Waals surface area contributed by atoms with E-state index in [9.17, 15) is 4.79 Å². The summed E-state index contributed by atoms with van der Waals surface area (Å²) in [4.78, 5) is 10.9. The smallest absolute Gasteiger partial charge is 0.356 e. The van der Waals surface area contributed by atoms with Crippen LogP contribution >= 0.6 is 0 Å². The highest BCUT2D eigenvalue weighted by molar-refractivity contribution is 5.87. The summed E-state index contributed by atoms with van der Waals surface area (Å²) >= 11 is 0. The molecular formula is C10H12N2O2. The molecule has 74 valence electrons. The molecule has 1 spiro atoms. The molecule has 1 saturated carbocycles. The van der Waals surface area contributed by atoms with E-state index in [1.807, 2.05) is 0 Å². The fourth-order valence-electron chi connectivity index (χ4n) is 2.43. The van der Waals surface area contributed by atoms with E-state index in [1.165, 1.54) is 19.3 Å². The molecule has 0 saturated heterocycles. The number of nitrogens with zero attached hydrogens (tertiary/aromatic N) is 1. The zero-order valence-electron chi connectivity index (χ0n) is 7.84. The van der Waals surface area contributed by atoms with Gasteiger partial charge in [0.2, 0.25) is 0 Å². The number of aromatic nitrogens is 2. The Labute approximate surface area is 81.3 Å². The number of carboxylic acids is 1. The lowest BCUT2D eigenvalue weighted by atomic mass is 9.84. The molecule has 0 aromatic carbocycles. The van der Waals surface area contributed by atoms with Crippen molar-refractivity contribution in [2.24, 2.45) is 5.41 Å². The molecule has 1 heterocycles. The van der Waals surface area contributed by atoms with Gasteiger partial charge in [0, 0.05) is 11.3 Å². The average Bonchev–Trinajstić information content (AvgIpc) is 2.77. The highest BCUT2D eigenvalue weighted by atomic mass is 16.4. The van der Waals surface area contributed by atoms with Crippen molar-refractivity contribution in [3.05, 3.63) is 17.0 Å². The number of rotatable bonds is 1. The Morgan fingerprint density at radius 3 is 2.86 bits per heavy atom. The van der Waals surface area contributed by atoms with Crippen LogP contribution in [0.5, 0.6) is 0 Å². The molecule has 0 aliphatic heterocycles. The SMILES string of the molecule is O=C(O)c1n[nH]c2c1CC1(CC2)CC1. The lowest BCUT2D eigenvalue weighted by Gasteiger charge is -2.20. The predicted octanol–water partition coefficient (Wildman–Crippen LogP) is 1.38. The Hall–Kier alpha value is -1.32. The Kier molecular flexibility index (Phi) is 1.36. The van der Waals surface area contributed by atoms with Crippen LogP contribution < -0.4 is 0 Å². The first-order valence-electron chi connectivity index (χ1n) is 5.00. The van der Waals surface area contributed by atoms with Gasteiger partial charge in [0.25, 0.3) is 0 Å². The lowest BCUT2D eigenvalue weighted by Crippen LogP contribution is -2.16. The Balaban J connectivity index is 2.03. The molecule has 0 unspecified atom stereocenters. The van der Waals surface area contributed by atoms with Gasteiger partial charge in [-0.3, -0.25) is 5.10 Å². The van der Waals surface area contributed by atoms with Crippen molar-refractivity contribution in [3.8, 4) is 0 Å². The highest BCUT2D eigenvalue weighted by Gasteiger charge is 2.46. The monoisotopic (exact) mass is 192 g/mol. The van der Waals surface area contributed by atoms with E-state index in [-0.39, 0.29) is 5.69 Å². The van der Waals surface area contributed by atoms with Crippen LogP contribution in [-0.2, 0) is 12.8 Å². The van der Waals surface area contributed by atoms with Crippen molar-refractivity contribution in [2.45, 2.75) is 32.1 Å². The fraction of sp³-hybridized carbons (Fsp3) is 0.600. The minimum Gasteiger partial charge on any atom is -0.476 e. The predicted molar refractivity (Wildman–Crippen MR) is 49.2 cm³/mol. The van der Waals surface area contributed by atoms with E-state index in [1.54, 1.807) is 0 Å². The van der Waals surface area contributed by atoms with Gasteiger partial charge in [0.15, 0.2) is 5.69 Å². The third-order valence-electron chi connectivity index (χ3n) is 3.57. The molecule has 0 bridgehead atoms. The number of hydrogen-bond acceptors (Lipinski definition) is 2. The van der Waals surface area contributed by atoms with E-state index in [2.05, 4.69) is 10.2 Å². The number of fused-ring (bicyclic) bond motifs is 1. The second kappa shape index (κ2) is 2.38. The van der Waals surface area contributed by atoms with Gasteiger partial charge < -0.3 is 5.11 Å². The second-order valence-corrected chi connectivity index (χ2v) is 4.51.